The summed E-state index contributed by atoms with van der Waals surface area (Å²) in [5.41, 5.74) is 1.88. The molecule has 2 rings (SSSR count). The molecule has 21 heavy (non-hydrogen) atoms. The molecule has 1 aromatic rings. The standard InChI is InChI=1S/C17H21NO3/c1-2-7-12-8-3-6-11-15(12)18-16(19)13-9-4-5-10-14(13)17(20)21/h3-6,8,11,13-14H,2,7,9-10H2,1H3,(H,18,19)(H,20,21). The van der Waals surface area contributed by atoms with Gasteiger partial charge in [0.05, 0.1) is 11.8 Å². The Morgan fingerprint density at radius 2 is 1.86 bits per heavy atom. The smallest absolute Gasteiger partial charge is 0.307 e. The second-order valence-electron chi connectivity index (χ2n) is 5.39. The number of allylic oxidation sites excluding steroid dienone is 2. The summed E-state index contributed by atoms with van der Waals surface area (Å²) >= 11 is 0. The number of carbonyl (C=O) groups excluding carboxylic acids is 1. The van der Waals surface area contributed by atoms with Crippen molar-refractivity contribution in [3.8, 4) is 0 Å². The lowest BCUT2D eigenvalue weighted by molar-refractivity contribution is -0.146. The van der Waals surface area contributed by atoms with Crippen LogP contribution in [0.5, 0.6) is 0 Å². The molecule has 2 unspecified atom stereocenters. The summed E-state index contributed by atoms with van der Waals surface area (Å²) in [5.74, 6) is -2.23. The number of carbonyl (C=O) groups is 2. The Kier molecular flexibility index (Phi) is 5.14. The van der Waals surface area contributed by atoms with Gasteiger partial charge < -0.3 is 10.4 Å². The molecule has 112 valence electrons. The molecule has 0 radical (unpaired) electrons. The summed E-state index contributed by atoms with van der Waals surface area (Å²) in [7, 11) is 0. The first-order valence-electron chi connectivity index (χ1n) is 7.40. The van der Waals surface area contributed by atoms with Crippen LogP contribution in [-0.2, 0) is 16.0 Å². The van der Waals surface area contributed by atoms with Crippen molar-refractivity contribution in [2.75, 3.05) is 5.32 Å². The number of rotatable bonds is 5. The lowest BCUT2D eigenvalue weighted by atomic mass is 9.82. The van der Waals surface area contributed by atoms with Crippen LogP contribution in [0, 0.1) is 11.8 Å². The Hall–Kier alpha value is -2.10. The first-order chi connectivity index (χ1) is 10.1. The van der Waals surface area contributed by atoms with Crippen LogP contribution in [0.25, 0.3) is 0 Å². The largest absolute Gasteiger partial charge is 0.481 e. The van der Waals surface area contributed by atoms with Crippen molar-refractivity contribution in [1.82, 2.24) is 0 Å². The first-order valence-corrected chi connectivity index (χ1v) is 7.40. The predicted molar refractivity (Wildman–Crippen MR) is 82.1 cm³/mol. The van der Waals surface area contributed by atoms with Crippen molar-refractivity contribution >= 4 is 17.6 Å². The number of carboxylic acid groups (broad SMARTS) is 1. The molecule has 0 saturated carbocycles. The highest BCUT2D eigenvalue weighted by Gasteiger charge is 2.34. The average Bonchev–Trinajstić information content (AvgIpc) is 2.49. The van der Waals surface area contributed by atoms with Crippen LogP contribution in [0.1, 0.15) is 31.7 Å². The third-order valence-electron chi connectivity index (χ3n) is 3.88. The van der Waals surface area contributed by atoms with Gasteiger partial charge in [-0.1, -0.05) is 43.7 Å². The van der Waals surface area contributed by atoms with Crippen molar-refractivity contribution in [1.29, 1.82) is 0 Å². The zero-order chi connectivity index (χ0) is 15.2. The Labute approximate surface area is 124 Å². The summed E-state index contributed by atoms with van der Waals surface area (Å²) in [6.07, 6.45) is 6.53. The van der Waals surface area contributed by atoms with Crippen molar-refractivity contribution < 1.29 is 14.7 Å². The fourth-order valence-electron chi connectivity index (χ4n) is 2.73. The molecule has 2 atom stereocenters. The van der Waals surface area contributed by atoms with Gasteiger partial charge in [-0.2, -0.15) is 0 Å². The average molecular weight is 287 g/mol. The highest BCUT2D eigenvalue weighted by Crippen LogP contribution is 2.28. The SMILES string of the molecule is CCCc1ccccc1NC(=O)C1CC=CCC1C(=O)O. The van der Waals surface area contributed by atoms with E-state index in [0.717, 1.165) is 24.1 Å². The molecule has 0 aliphatic heterocycles. The fraction of sp³-hybridized carbons (Fsp3) is 0.412. The molecule has 2 N–H and O–H groups in total. The first kappa shape index (κ1) is 15.3. The molecule has 0 fully saturated rings. The molecular weight excluding hydrogens is 266 g/mol. The summed E-state index contributed by atoms with van der Waals surface area (Å²) in [4.78, 5) is 23.7. The van der Waals surface area contributed by atoms with Crippen LogP contribution in [0.4, 0.5) is 5.69 Å². The van der Waals surface area contributed by atoms with Crippen LogP contribution in [0.3, 0.4) is 0 Å². The number of amides is 1. The van der Waals surface area contributed by atoms with Gasteiger partial charge in [0.25, 0.3) is 0 Å². The Morgan fingerprint density at radius 1 is 1.19 bits per heavy atom. The molecular formula is C17H21NO3. The molecule has 0 heterocycles. The summed E-state index contributed by atoms with van der Waals surface area (Å²) < 4.78 is 0. The third kappa shape index (κ3) is 3.72. The summed E-state index contributed by atoms with van der Waals surface area (Å²) in [6.45, 7) is 2.09. The van der Waals surface area contributed by atoms with E-state index in [9.17, 15) is 14.7 Å². The van der Waals surface area contributed by atoms with Crippen LogP contribution >= 0.6 is 0 Å². The number of hydrogen-bond acceptors (Lipinski definition) is 2. The lowest BCUT2D eigenvalue weighted by Crippen LogP contribution is -2.34. The maximum atomic E-state index is 12.4. The molecule has 4 nitrogen and oxygen atoms in total. The number of aryl methyl sites for hydroxylation is 1. The minimum Gasteiger partial charge on any atom is -0.481 e. The number of nitrogens with one attached hydrogen (secondary N) is 1. The molecule has 0 spiro atoms. The van der Waals surface area contributed by atoms with Crippen LogP contribution in [-0.4, -0.2) is 17.0 Å². The highest BCUT2D eigenvalue weighted by atomic mass is 16.4. The van der Waals surface area contributed by atoms with Gasteiger partial charge in [0.15, 0.2) is 0 Å². The van der Waals surface area contributed by atoms with Gasteiger partial charge in [-0.15, -0.1) is 0 Å². The zero-order valence-electron chi connectivity index (χ0n) is 12.2. The van der Waals surface area contributed by atoms with E-state index in [1.54, 1.807) is 0 Å². The fourth-order valence-corrected chi connectivity index (χ4v) is 2.73. The Bertz CT molecular complexity index is 551. The van der Waals surface area contributed by atoms with Gasteiger partial charge in [0.2, 0.25) is 5.91 Å². The number of anilines is 1. The van der Waals surface area contributed by atoms with E-state index in [1.165, 1.54) is 0 Å². The van der Waals surface area contributed by atoms with E-state index in [0.29, 0.717) is 12.8 Å². The van der Waals surface area contributed by atoms with Crippen molar-refractivity contribution in [2.24, 2.45) is 11.8 Å². The topological polar surface area (TPSA) is 66.4 Å². The van der Waals surface area contributed by atoms with E-state index in [2.05, 4.69) is 12.2 Å². The van der Waals surface area contributed by atoms with E-state index >= 15 is 0 Å². The molecule has 1 aromatic carbocycles. The molecule has 0 saturated heterocycles. The van der Waals surface area contributed by atoms with E-state index < -0.39 is 17.8 Å². The number of para-hydroxylation sites is 1. The van der Waals surface area contributed by atoms with Gasteiger partial charge in [-0.05, 0) is 30.9 Å². The number of carboxylic acids is 1. The normalized spacial score (nSPS) is 21.0. The van der Waals surface area contributed by atoms with Crippen molar-refractivity contribution in [3.05, 3.63) is 42.0 Å². The van der Waals surface area contributed by atoms with Crippen LogP contribution < -0.4 is 5.32 Å². The minimum absolute atomic E-state index is 0.199. The quantitative estimate of drug-likeness (QED) is 0.817. The predicted octanol–water partition coefficient (Wildman–Crippen LogP) is 3.24. The monoisotopic (exact) mass is 287 g/mol. The van der Waals surface area contributed by atoms with Gasteiger partial charge in [0, 0.05) is 5.69 Å². The van der Waals surface area contributed by atoms with Crippen molar-refractivity contribution in [3.63, 3.8) is 0 Å². The Morgan fingerprint density at radius 3 is 2.52 bits per heavy atom. The number of hydrogen-bond donors (Lipinski definition) is 2. The second kappa shape index (κ2) is 7.07. The van der Waals surface area contributed by atoms with Crippen LogP contribution in [0.2, 0.25) is 0 Å². The van der Waals surface area contributed by atoms with Gasteiger partial charge >= 0.3 is 5.97 Å². The number of benzene rings is 1. The third-order valence-corrected chi connectivity index (χ3v) is 3.88. The van der Waals surface area contributed by atoms with Gasteiger partial charge in [-0.25, -0.2) is 0 Å². The van der Waals surface area contributed by atoms with E-state index in [4.69, 9.17) is 0 Å². The molecule has 0 bridgehead atoms. The number of aliphatic carboxylic acids is 1. The van der Waals surface area contributed by atoms with E-state index in [-0.39, 0.29) is 5.91 Å². The zero-order valence-corrected chi connectivity index (χ0v) is 12.2. The maximum absolute atomic E-state index is 12.4. The summed E-state index contributed by atoms with van der Waals surface area (Å²) in [5, 5.41) is 12.2. The lowest BCUT2D eigenvalue weighted by Gasteiger charge is -2.24. The Balaban J connectivity index is 2.14. The molecule has 4 heteroatoms. The van der Waals surface area contributed by atoms with Gasteiger partial charge in [-0.3, -0.25) is 9.59 Å². The molecule has 0 aromatic heterocycles. The van der Waals surface area contributed by atoms with Gasteiger partial charge in [0.1, 0.15) is 0 Å². The maximum Gasteiger partial charge on any atom is 0.307 e. The molecule has 1 amide bonds. The summed E-state index contributed by atoms with van der Waals surface area (Å²) in [6, 6.07) is 7.69. The van der Waals surface area contributed by atoms with Crippen LogP contribution in [0.15, 0.2) is 36.4 Å². The van der Waals surface area contributed by atoms with Crippen molar-refractivity contribution in [2.45, 2.75) is 32.6 Å². The molecule has 1 aliphatic carbocycles. The van der Waals surface area contributed by atoms with E-state index in [1.807, 2.05) is 36.4 Å². The molecule has 1 aliphatic rings. The minimum atomic E-state index is -0.902. The highest BCUT2D eigenvalue weighted by molar-refractivity contribution is 5.96. The second-order valence-corrected chi connectivity index (χ2v) is 5.39.